The SMILES string of the molecule is CCOc1ccc(NC(=O)c2cnc(Nc3ccc(C(=O)OC)cc3)nc2)cc1. The van der Waals surface area contributed by atoms with E-state index in [4.69, 9.17) is 4.74 Å². The van der Waals surface area contributed by atoms with Crippen LogP contribution in [0.3, 0.4) is 0 Å². The van der Waals surface area contributed by atoms with Gasteiger partial charge in [-0.1, -0.05) is 0 Å². The van der Waals surface area contributed by atoms with Crippen LogP contribution in [0.25, 0.3) is 0 Å². The molecule has 0 atom stereocenters. The second-order valence-electron chi connectivity index (χ2n) is 5.90. The Hall–Kier alpha value is -3.94. The molecular formula is C21H20N4O4. The highest BCUT2D eigenvalue weighted by atomic mass is 16.5. The van der Waals surface area contributed by atoms with Crippen molar-refractivity contribution in [3.8, 4) is 5.75 Å². The summed E-state index contributed by atoms with van der Waals surface area (Å²) in [5.41, 5.74) is 2.11. The van der Waals surface area contributed by atoms with Gasteiger partial charge in [-0.3, -0.25) is 4.79 Å². The largest absolute Gasteiger partial charge is 0.494 e. The Morgan fingerprint density at radius 3 is 2.10 bits per heavy atom. The molecule has 0 spiro atoms. The van der Waals surface area contributed by atoms with Crippen LogP contribution in [0.2, 0.25) is 0 Å². The maximum Gasteiger partial charge on any atom is 0.337 e. The Kier molecular flexibility index (Phi) is 6.36. The van der Waals surface area contributed by atoms with Gasteiger partial charge in [-0.15, -0.1) is 0 Å². The molecule has 0 unspecified atom stereocenters. The summed E-state index contributed by atoms with van der Waals surface area (Å²) in [6.45, 7) is 2.49. The number of esters is 1. The predicted molar refractivity (Wildman–Crippen MR) is 109 cm³/mol. The number of aromatic nitrogens is 2. The van der Waals surface area contributed by atoms with Crippen molar-refractivity contribution in [3.05, 3.63) is 72.1 Å². The Morgan fingerprint density at radius 1 is 0.897 bits per heavy atom. The number of rotatable bonds is 7. The van der Waals surface area contributed by atoms with Gasteiger partial charge >= 0.3 is 5.97 Å². The minimum absolute atomic E-state index is 0.317. The van der Waals surface area contributed by atoms with Crippen LogP contribution in [0, 0.1) is 0 Å². The van der Waals surface area contributed by atoms with Crippen LogP contribution in [-0.2, 0) is 4.74 Å². The zero-order valence-corrected chi connectivity index (χ0v) is 16.0. The molecule has 0 aliphatic heterocycles. The Balaban J connectivity index is 1.60. The van der Waals surface area contributed by atoms with E-state index in [2.05, 4.69) is 25.3 Å². The summed E-state index contributed by atoms with van der Waals surface area (Å²) in [6.07, 6.45) is 2.87. The number of carbonyl (C=O) groups excluding carboxylic acids is 2. The third-order valence-corrected chi connectivity index (χ3v) is 3.90. The van der Waals surface area contributed by atoms with Crippen molar-refractivity contribution in [2.24, 2.45) is 0 Å². The first kappa shape index (κ1) is 19.8. The zero-order valence-electron chi connectivity index (χ0n) is 16.0. The number of methoxy groups -OCH3 is 1. The molecule has 0 radical (unpaired) electrons. The van der Waals surface area contributed by atoms with Gasteiger partial charge in [0.1, 0.15) is 5.75 Å². The fraction of sp³-hybridized carbons (Fsp3) is 0.143. The number of carbonyl (C=O) groups is 2. The summed E-state index contributed by atoms with van der Waals surface area (Å²) < 4.78 is 10.0. The van der Waals surface area contributed by atoms with Crippen molar-refractivity contribution in [1.82, 2.24) is 9.97 Å². The third-order valence-electron chi connectivity index (χ3n) is 3.90. The molecule has 2 N–H and O–H groups in total. The molecule has 3 rings (SSSR count). The lowest BCUT2D eigenvalue weighted by atomic mass is 10.2. The summed E-state index contributed by atoms with van der Waals surface area (Å²) in [4.78, 5) is 32.1. The van der Waals surface area contributed by atoms with Crippen LogP contribution in [0.15, 0.2) is 60.9 Å². The smallest absolute Gasteiger partial charge is 0.337 e. The number of hydrogen-bond donors (Lipinski definition) is 2. The molecule has 148 valence electrons. The number of anilines is 3. The third kappa shape index (κ3) is 5.29. The first-order valence-corrected chi connectivity index (χ1v) is 8.90. The van der Waals surface area contributed by atoms with Gasteiger partial charge in [0.05, 0.1) is 24.8 Å². The molecule has 1 heterocycles. The Bertz CT molecular complexity index is 971. The molecule has 0 saturated heterocycles. The van der Waals surface area contributed by atoms with Gasteiger partial charge in [-0.2, -0.15) is 0 Å². The average Bonchev–Trinajstić information content (AvgIpc) is 2.76. The Labute approximate surface area is 167 Å². The van der Waals surface area contributed by atoms with E-state index in [-0.39, 0.29) is 5.91 Å². The highest BCUT2D eigenvalue weighted by Crippen LogP contribution is 2.17. The van der Waals surface area contributed by atoms with E-state index in [9.17, 15) is 9.59 Å². The number of ether oxygens (including phenoxy) is 2. The second-order valence-corrected chi connectivity index (χ2v) is 5.90. The fourth-order valence-electron chi connectivity index (χ4n) is 2.45. The molecule has 8 heteroatoms. The van der Waals surface area contributed by atoms with Gasteiger partial charge in [-0.25, -0.2) is 14.8 Å². The molecule has 2 aromatic carbocycles. The molecule has 0 bridgehead atoms. The van der Waals surface area contributed by atoms with E-state index in [0.29, 0.717) is 35.1 Å². The highest BCUT2D eigenvalue weighted by molar-refractivity contribution is 6.03. The first-order valence-electron chi connectivity index (χ1n) is 8.90. The number of hydrogen-bond acceptors (Lipinski definition) is 7. The normalized spacial score (nSPS) is 10.1. The van der Waals surface area contributed by atoms with Crippen molar-refractivity contribution in [3.63, 3.8) is 0 Å². The van der Waals surface area contributed by atoms with Gasteiger partial charge in [0.25, 0.3) is 5.91 Å². The minimum atomic E-state index is -0.407. The number of nitrogens with zero attached hydrogens (tertiary/aromatic N) is 2. The van der Waals surface area contributed by atoms with E-state index in [0.717, 1.165) is 5.75 Å². The maximum atomic E-state index is 12.3. The van der Waals surface area contributed by atoms with Gasteiger partial charge in [-0.05, 0) is 55.5 Å². The molecule has 1 aromatic heterocycles. The highest BCUT2D eigenvalue weighted by Gasteiger charge is 2.09. The lowest BCUT2D eigenvalue weighted by Crippen LogP contribution is -2.13. The number of benzene rings is 2. The molecular weight excluding hydrogens is 372 g/mol. The van der Waals surface area contributed by atoms with Crippen molar-refractivity contribution >= 4 is 29.2 Å². The summed E-state index contributed by atoms with van der Waals surface area (Å²) in [5, 5.41) is 5.78. The van der Waals surface area contributed by atoms with Crippen molar-refractivity contribution in [1.29, 1.82) is 0 Å². The van der Waals surface area contributed by atoms with Crippen LogP contribution >= 0.6 is 0 Å². The molecule has 29 heavy (non-hydrogen) atoms. The van der Waals surface area contributed by atoms with Crippen molar-refractivity contribution in [2.45, 2.75) is 6.92 Å². The van der Waals surface area contributed by atoms with Crippen molar-refractivity contribution in [2.75, 3.05) is 24.4 Å². The summed E-state index contributed by atoms with van der Waals surface area (Å²) in [6, 6.07) is 13.8. The molecule has 0 saturated carbocycles. The van der Waals surface area contributed by atoms with Crippen LogP contribution in [-0.4, -0.2) is 35.6 Å². The molecule has 8 nitrogen and oxygen atoms in total. The van der Waals surface area contributed by atoms with Gasteiger partial charge in [0.15, 0.2) is 0 Å². The van der Waals surface area contributed by atoms with Crippen LogP contribution in [0.1, 0.15) is 27.6 Å². The Morgan fingerprint density at radius 2 is 1.52 bits per heavy atom. The fourth-order valence-corrected chi connectivity index (χ4v) is 2.45. The predicted octanol–water partition coefficient (Wildman–Crippen LogP) is 3.66. The first-order chi connectivity index (χ1) is 14.1. The molecule has 0 aliphatic rings. The van der Waals surface area contributed by atoms with Gasteiger partial charge < -0.3 is 20.1 Å². The minimum Gasteiger partial charge on any atom is -0.494 e. The van der Waals surface area contributed by atoms with Crippen LogP contribution in [0.5, 0.6) is 5.75 Å². The van der Waals surface area contributed by atoms with Crippen LogP contribution in [0.4, 0.5) is 17.3 Å². The molecule has 0 fully saturated rings. The van der Waals surface area contributed by atoms with Gasteiger partial charge in [0, 0.05) is 23.8 Å². The van der Waals surface area contributed by atoms with Gasteiger partial charge in [0.2, 0.25) is 5.95 Å². The summed E-state index contributed by atoms with van der Waals surface area (Å²) in [7, 11) is 1.33. The van der Waals surface area contributed by atoms with E-state index >= 15 is 0 Å². The maximum absolute atomic E-state index is 12.3. The number of amides is 1. The molecule has 1 amide bonds. The second kappa shape index (κ2) is 9.32. The van der Waals surface area contributed by atoms with E-state index in [1.807, 2.05) is 6.92 Å². The molecule has 3 aromatic rings. The lowest BCUT2D eigenvalue weighted by molar-refractivity contribution is 0.0600. The summed E-state index contributed by atoms with van der Waals surface area (Å²) in [5.74, 6) is 0.344. The molecule has 0 aliphatic carbocycles. The monoisotopic (exact) mass is 392 g/mol. The number of nitrogens with one attached hydrogen (secondary N) is 2. The lowest BCUT2D eigenvalue weighted by Gasteiger charge is -2.08. The average molecular weight is 392 g/mol. The van der Waals surface area contributed by atoms with Crippen LogP contribution < -0.4 is 15.4 Å². The summed E-state index contributed by atoms with van der Waals surface area (Å²) >= 11 is 0. The van der Waals surface area contributed by atoms with E-state index < -0.39 is 5.97 Å². The zero-order chi connectivity index (χ0) is 20.6. The standard InChI is InChI=1S/C21H20N4O4/c1-3-29-18-10-8-16(9-11-18)24-19(26)15-12-22-21(23-13-15)25-17-6-4-14(5-7-17)20(27)28-2/h4-13H,3H2,1-2H3,(H,24,26)(H,22,23,25). The quantitative estimate of drug-likeness (QED) is 0.592. The van der Waals surface area contributed by atoms with E-state index in [1.165, 1.54) is 19.5 Å². The van der Waals surface area contributed by atoms with Crippen molar-refractivity contribution < 1.29 is 19.1 Å². The van der Waals surface area contributed by atoms with E-state index in [1.54, 1.807) is 48.5 Å². The topological polar surface area (TPSA) is 102 Å².